The summed E-state index contributed by atoms with van der Waals surface area (Å²) in [5.74, 6) is 0. The van der Waals surface area contributed by atoms with Gasteiger partial charge in [0, 0.05) is 22.3 Å². The van der Waals surface area contributed by atoms with Crippen molar-refractivity contribution in [1.82, 2.24) is 0 Å². The molecule has 0 N–H and O–H groups in total. The Morgan fingerprint density at radius 3 is 1.07 bits per heavy atom. The second-order valence-electron chi connectivity index (χ2n) is 25.6. The summed E-state index contributed by atoms with van der Waals surface area (Å²) in [7, 11) is 0. The smallest absolute Gasteiger partial charge is 0.211 e. The van der Waals surface area contributed by atoms with E-state index in [1.54, 1.807) is 4.70 Å². The molecule has 456 valence electrons. The molecule has 0 amide bonds. The van der Waals surface area contributed by atoms with Gasteiger partial charge in [0.1, 0.15) is 0 Å². The highest BCUT2D eigenvalue weighted by Gasteiger charge is 2.35. The summed E-state index contributed by atoms with van der Waals surface area (Å²) in [5, 5.41) is 0. The van der Waals surface area contributed by atoms with Gasteiger partial charge in [-0.1, -0.05) is 366 Å². The minimum Gasteiger partial charge on any atom is -0.493 e. The third-order valence-electron chi connectivity index (χ3n) is 18.2. The van der Waals surface area contributed by atoms with Crippen LogP contribution in [-0.4, -0.2) is 4.70 Å². The van der Waals surface area contributed by atoms with Crippen molar-refractivity contribution in [3.8, 4) is 0 Å². The van der Waals surface area contributed by atoms with Crippen LogP contribution in [0.4, 0.5) is 0 Å². The molecule has 0 spiro atoms. The van der Waals surface area contributed by atoms with Crippen LogP contribution in [0.5, 0.6) is 0 Å². The maximum absolute atomic E-state index is 12.5. The first-order chi connectivity index (χ1) is 39.7. The first kappa shape index (κ1) is 71.5. The monoisotopic (exact) mass is 1100 g/mol. The Kier molecular flexibility index (Phi) is 47.4. The molecule has 1 aliphatic rings. The number of benzene rings is 2. The Morgan fingerprint density at radius 1 is 0.312 bits per heavy atom. The molecule has 2 aromatic rings. The van der Waals surface area contributed by atoms with Crippen LogP contribution in [0.15, 0.2) is 71.8 Å². The van der Waals surface area contributed by atoms with Gasteiger partial charge in [-0.25, -0.2) is 4.70 Å². The third kappa shape index (κ3) is 35.4. The van der Waals surface area contributed by atoms with E-state index in [9.17, 15) is 5.53 Å². The van der Waals surface area contributed by atoms with Crippen molar-refractivity contribution < 1.29 is 4.70 Å². The number of allylic oxidation sites excluding steroid dienone is 4. The molecule has 0 aliphatic carbocycles. The van der Waals surface area contributed by atoms with Gasteiger partial charge in [-0.15, -0.1) is 0 Å². The number of hydrogen-bond donors (Lipinski definition) is 0. The Labute approximate surface area is 500 Å². The van der Waals surface area contributed by atoms with Gasteiger partial charge in [-0.05, 0) is 93.5 Å². The van der Waals surface area contributed by atoms with Crippen LogP contribution in [0.3, 0.4) is 0 Å². The minimum absolute atomic E-state index is 0.929. The fraction of sp³-hybridized carbons (Fsp3) is 0.769. The van der Waals surface area contributed by atoms with Crippen LogP contribution in [-0.2, 0) is 12.8 Å². The molecule has 0 unspecified atom stereocenters. The summed E-state index contributed by atoms with van der Waals surface area (Å²) in [6.45, 7) is 9.23. The molecular weight excluding hydrogens is 965 g/mol. The SMILES string of the molecule is CCCCCCCCCCCCCCCCCCCCC=CCCCc1ccccc1C1=C(CC)C(CCCCCCCCCCCCCCCCCCCCCCCCCCCCC)=C(c2cccc(CCCCCC)c2)[N+]1=[N-]. The van der Waals surface area contributed by atoms with E-state index >= 15 is 0 Å². The minimum atomic E-state index is 0.929. The van der Waals surface area contributed by atoms with E-state index in [1.165, 1.54) is 354 Å². The molecule has 2 heteroatoms. The van der Waals surface area contributed by atoms with Crippen molar-refractivity contribution in [2.75, 3.05) is 0 Å². The third-order valence-corrected chi connectivity index (χ3v) is 18.2. The predicted octanol–water partition coefficient (Wildman–Crippen LogP) is 27.6. The van der Waals surface area contributed by atoms with Gasteiger partial charge < -0.3 is 5.53 Å². The van der Waals surface area contributed by atoms with E-state index in [1.807, 2.05) is 0 Å². The molecular formula is C78H134N2. The Hall–Kier alpha value is -2.74. The fourth-order valence-corrected chi connectivity index (χ4v) is 13.1. The molecule has 3 rings (SSSR count). The molecule has 0 atom stereocenters. The molecule has 2 nitrogen and oxygen atoms in total. The van der Waals surface area contributed by atoms with Gasteiger partial charge in [0.05, 0.1) is 0 Å². The second kappa shape index (κ2) is 53.0. The van der Waals surface area contributed by atoms with Gasteiger partial charge in [0.15, 0.2) is 0 Å². The zero-order valence-electron chi connectivity index (χ0n) is 54.3. The summed E-state index contributed by atoms with van der Waals surface area (Å²) in [6.07, 6.45) is 81.9. The molecule has 0 aromatic heterocycles. The molecule has 0 saturated carbocycles. The Bertz CT molecular complexity index is 1830. The zero-order valence-corrected chi connectivity index (χ0v) is 54.3. The van der Waals surface area contributed by atoms with Crippen LogP contribution in [0, 0.1) is 0 Å². The summed E-state index contributed by atoms with van der Waals surface area (Å²) >= 11 is 0. The maximum Gasteiger partial charge on any atom is 0.211 e. The molecule has 1 heterocycles. The lowest BCUT2D eigenvalue weighted by atomic mass is 9.91. The quantitative estimate of drug-likeness (QED) is 0.0358. The van der Waals surface area contributed by atoms with E-state index in [-0.39, 0.29) is 0 Å². The van der Waals surface area contributed by atoms with E-state index < -0.39 is 0 Å². The van der Waals surface area contributed by atoms with E-state index in [0.29, 0.717) is 0 Å². The van der Waals surface area contributed by atoms with E-state index in [0.717, 1.165) is 49.9 Å². The average molecular weight is 1100 g/mol. The predicted molar refractivity (Wildman–Crippen MR) is 359 cm³/mol. The standard InChI is InChI=1S/C78H134N2/c1-5-9-12-15-17-19-21-23-25-27-29-31-33-34-35-36-38-40-42-44-46-48-50-52-54-56-59-69-76-74(8-4)78(80(79)77(76)73-67-62-64-71(70-73)63-57-14-11-7-3)75-68-61-60-66-72(75)65-58-55-53-51-49-47-45-43-41-39-37-32-30-28-26-24-22-20-18-16-13-10-6-2/h51,53,60-62,64,66-68,70H,5-50,52,54-59,63,65,69H2,1-4H3. The number of aryl methyl sites for hydroxylation is 2. The largest absolute Gasteiger partial charge is 0.493 e. The van der Waals surface area contributed by atoms with Crippen LogP contribution in [0.1, 0.15) is 397 Å². The molecule has 1 aliphatic heterocycles. The lowest BCUT2D eigenvalue weighted by Gasteiger charge is -2.13. The molecule has 0 saturated heterocycles. The number of rotatable bonds is 59. The molecule has 0 bridgehead atoms. The van der Waals surface area contributed by atoms with Gasteiger partial charge in [-0.3, -0.25) is 0 Å². The van der Waals surface area contributed by atoms with Crippen molar-refractivity contribution in [3.63, 3.8) is 0 Å². The number of unbranched alkanes of at least 4 members (excludes halogenated alkanes) is 48. The van der Waals surface area contributed by atoms with Crippen molar-refractivity contribution in [3.05, 3.63) is 99.6 Å². The van der Waals surface area contributed by atoms with E-state index in [2.05, 4.69) is 88.4 Å². The zero-order chi connectivity index (χ0) is 56.9. The van der Waals surface area contributed by atoms with Crippen molar-refractivity contribution >= 4 is 11.4 Å². The van der Waals surface area contributed by atoms with Crippen LogP contribution < -0.4 is 0 Å². The molecule has 2 aromatic carbocycles. The van der Waals surface area contributed by atoms with Crippen LogP contribution in [0.25, 0.3) is 16.9 Å². The maximum atomic E-state index is 12.5. The van der Waals surface area contributed by atoms with Gasteiger partial charge >= 0.3 is 0 Å². The average Bonchev–Trinajstić information content (AvgIpc) is 3.97. The highest BCUT2D eigenvalue weighted by Crippen LogP contribution is 2.45. The molecule has 0 fully saturated rings. The van der Waals surface area contributed by atoms with Crippen molar-refractivity contribution in [2.45, 2.75) is 387 Å². The van der Waals surface area contributed by atoms with Crippen molar-refractivity contribution in [1.29, 1.82) is 0 Å². The number of hydrogen-bond acceptors (Lipinski definition) is 0. The van der Waals surface area contributed by atoms with Crippen LogP contribution >= 0.6 is 0 Å². The lowest BCUT2D eigenvalue weighted by Crippen LogP contribution is -2.05. The Morgan fingerprint density at radius 2 is 0.662 bits per heavy atom. The van der Waals surface area contributed by atoms with Gasteiger partial charge in [0.2, 0.25) is 11.4 Å². The summed E-state index contributed by atoms with van der Waals surface area (Å²) in [4.78, 5) is 0. The van der Waals surface area contributed by atoms with E-state index in [4.69, 9.17) is 0 Å². The normalized spacial score (nSPS) is 12.9. The van der Waals surface area contributed by atoms with Gasteiger partial charge in [0.25, 0.3) is 0 Å². The first-order valence-electron chi connectivity index (χ1n) is 36.4. The lowest BCUT2D eigenvalue weighted by molar-refractivity contribution is -0.345. The van der Waals surface area contributed by atoms with Gasteiger partial charge in [-0.2, -0.15) is 0 Å². The topological polar surface area (TPSA) is 25.3 Å². The summed E-state index contributed by atoms with van der Waals surface area (Å²) in [5.41, 5.74) is 22.4. The molecule has 0 radical (unpaired) electrons. The summed E-state index contributed by atoms with van der Waals surface area (Å²) < 4.78 is 1.63. The summed E-state index contributed by atoms with van der Waals surface area (Å²) in [6, 6.07) is 18.2. The van der Waals surface area contributed by atoms with Crippen molar-refractivity contribution in [2.24, 2.45) is 0 Å². The van der Waals surface area contributed by atoms with Crippen LogP contribution in [0.2, 0.25) is 0 Å². The first-order valence-corrected chi connectivity index (χ1v) is 36.4. The molecule has 80 heavy (non-hydrogen) atoms. The highest BCUT2D eigenvalue weighted by molar-refractivity contribution is 5.83. The Balaban J connectivity index is 1.34. The fourth-order valence-electron chi connectivity index (χ4n) is 13.1. The highest BCUT2D eigenvalue weighted by atomic mass is 15.2. The number of nitrogens with zero attached hydrogens (tertiary/aromatic N) is 2. The second-order valence-corrected chi connectivity index (χ2v) is 25.6.